The van der Waals surface area contributed by atoms with E-state index in [0.717, 1.165) is 24.5 Å². The molecule has 0 bridgehead atoms. The Hall–Kier alpha value is -2.39. The number of halogens is 4. The SMILES string of the molecule is COc1ccc(F)cc1C(C)(C)CC(O[Si](C)(C)C)(C(=O)O[C@@H]1CCCC[C@H]1c1ccccc1)C(F)(F)F. The first-order valence-electron chi connectivity index (χ1n) is 13.0. The number of carbonyl (C=O) groups excluding carboxylic acids is 1. The lowest BCUT2D eigenvalue weighted by Gasteiger charge is -2.44. The molecule has 1 saturated carbocycles. The summed E-state index contributed by atoms with van der Waals surface area (Å²) in [7, 11) is -1.61. The van der Waals surface area contributed by atoms with Crippen LogP contribution >= 0.6 is 0 Å². The average molecular weight is 555 g/mol. The number of carbonyl (C=O) groups is 1. The first-order chi connectivity index (χ1) is 17.6. The standard InChI is InChI=1S/C29H38F4O4Si/c1-27(2,23-18-21(30)16-17-25(23)35-3)19-28(29(31,32)33,37-38(4,5)6)26(34)36-24-15-11-10-14-22(24)20-12-8-7-9-13-20/h7-9,12-13,16-18,22,24H,10-11,14-15,19H2,1-6H3/t22-,24+,28?/m0/s1. The second-order valence-corrected chi connectivity index (χ2v) is 16.1. The first kappa shape index (κ1) is 30.2. The Morgan fingerprint density at radius 3 is 2.21 bits per heavy atom. The van der Waals surface area contributed by atoms with Gasteiger partial charge < -0.3 is 13.9 Å². The van der Waals surface area contributed by atoms with E-state index in [1.165, 1.54) is 33.1 Å². The van der Waals surface area contributed by atoms with E-state index in [1.54, 1.807) is 19.6 Å². The van der Waals surface area contributed by atoms with Gasteiger partial charge in [0, 0.05) is 17.9 Å². The van der Waals surface area contributed by atoms with Crippen LogP contribution in [-0.2, 0) is 19.4 Å². The number of alkyl halides is 3. The van der Waals surface area contributed by atoms with Crippen LogP contribution in [-0.4, -0.2) is 39.3 Å². The number of methoxy groups -OCH3 is 1. The van der Waals surface area contributed by atoms with Crippen LogP contribution < -0.4 is 4.74 Å². The van der Waals surface area contributed by atoms with Crippen molar-refractivity contribution in [2.75, 3.05) is 7.11 Å². The molecule has 1 unspecified atom stereocenters. The molecule has 1 aliphatic carbocycles. The summed E-state index contributed by atoms with van der Waals surface area (Å²) in [5.74, 6) is -2.04. The molecule has 0 radical (unpaired) electrons. The lowest BCUT2D eigenvalue weighted by atomic mass is 9.74. The molecule has 210 valence electrons. The predicted octanol–water partition coefficient (Wildman–Crippen LogP) is 7.92. The second kappa shape index (κ2) is 11.4. The summed E-state index contributed by atoms with van der Waals surface area (Å²) in [6.07, 6.45) is -3.77. The summed E-state index contributed by atoms with van der Waals surface area (Å²) >= 11 is 0. The van der Waals surface area contributed by atoms with Crippen LogP contribution in [0.2, 0.25) is 19.6 Å². The molecule has 9 heteroatoms. The van der Waals surface area contributed by atoms with Gasteiger partial charge in [0.05, 0.1) is 7.11 Å². The summed E-state index contributed by atoms with van der Waals surface area (Å²) in [6.45, 7) is 7.86. The summed E-state index contributed by atoms with van der Waals surface area (Å²) in [6, 6.07) is 13.1. The molecule has 1 fully saturated rings. The second-order valence-electron chi connectivity index (χ2n) is 11.7. The highest BCUT2D eigenvalue weighted by molar-refractivity contribution is 6.70. The van der Waals surface area contributed by atoms with Crippen molar-refractivity contribution in [1.82, 2.24) is 0 Å². The number of rotatable bonds is 9. The van der Waals surface area contributed by atoms with E-state index in [2.05, 4.69) is 0 Å². The van der Waals surface area contributed by atoms with E-state index in [4.69, 9.17) is 13.9 Å². The Morgan fingerprint density at radius 2 is 1.63 bits per heavy atom. The maximum absolute atomic E-state index is 15.1. The zero-order chi connectivity index (χ0) is 28.4. The quantitative estimate of drug-likeness (QED) is 0.179. The fourth-order valence-corrected chi connectivity index (χ4v) is 6.74. The minimum Gasteiger partial charge on any atom is -0.496 e. The minimum absolute atomic E-state index is 0.206. The highest BCUT2D eigenvalue weighted by atomic mass is 28.4. The molecule has 2 aromatic rings. The third-order valence-electron chi connectivity index (χ3n) is 7.04. The highest BCUT2D eigenvalue weighted by Gasteiger charge is 2.66. The molecule has 0 saturated heterocycles. The zero-order valence-electron chi connectivity index (χ0n) is 23.0. The van der Waals surface area contributed by atoms with E-state index in [0.29, 0.717) is 12.8 Å². The molecule has 3 rings (SSSR count). The molecular weight excluding hydrogens is 516 g/mol. The van der Waals surface area contributed by atoms with Crippen molar-refractivity contribution in [3.8, 4) is 5.75 Å². The molecular formula is C29H38F4O4Si. The average Bonchev–Trinajstić information content (AvgIpc) is 2.82. The highest BCUT2D eigenvalue weighted by Crippen LogP contribution is 2.48. The van der Waals surface area contributed by atoms with E-state index in [9.17, 15) is 9.18 Å². The van der Waals surface area contributed by atoms with Crippen molar-refractivity contribution < 1.29 is 36.3 Å². The van der Waals surface area contributed by atoms with Crippen LogP contribution in [0.25, 0.3) is 0 Å². The fourth-order valence-electron chi connectivity index (χ4n) is 5.43. The normalized spacial score (nSPS) is 20.5. The maximum Gasteiger partial charge on any atom is 0.427 e. The predicted molar refractivity (Wildman–Crippen MR) is 141 cm³/mol. The molecule has 0 amide bonds. The van der Waals surface area contributed by atoms with Crippen LogP contribution in [0.5, 0.6) is 5.75 Å². The molecule has 0 aliphatic heterocycles. The lowest BCUT2D eigenvalue weighted by molar-refractivity contribution is -0.264. The third kappa shape index (κ3) is 6.78. The summed E-state index contributed by atoms with van der Waals surface area (Å²) in [4.78, 5) is 13.8. The molecule has 3 atom stereocenters. The lowest BCUT2D eigenvalue weighted by Crippen LogP contribution is -2.62. The Morgan fingerprint density at radius 1 is 1.00 bits per heavy atom. The van der Waals surface area contributed by atoms with Gasteiger partial charge in [0.2, 0.25) is 0 Å². The number of hydrogen-bond acceptors (Lipinski definition) is 4. The minimum atomic E-state index is -5.08. The Bertz CT molecular complexity index is 1100. The summed E-state index contributed by atoms with van der Waals surface area (Å²) < 4.78 is 76.5. The molecule has 2 aromatic carbocycles. The first-order valence-corrected chi connectivity index (χ1v) is 16.4. The van der Waals surface area contributed by atoms with E-state index in [1.807, 2.05) is 30.3 Å². The van der Waals surface area contributed by atoms with E-state index < -0.39 is 49.8 Å². The molecule has 0 heterocycles. The van der Waals surface area contributed by atoms with E-state index in [-0.39, 0.29) is 17.2 Å². The van der Waals surface area contributed by atoms with Gasteiger partial charge in [-0.25, -0.2) is 9.18 Å². The molecule has 0 aromatic heterocycles. The maximum atomic E-state index is 15.1. The van der Waals surface area contributed by atoms with Gasteiger partial charge in [0.15, 0.2) is 8.32 Å². The summed E-state index contributed by atoms with van der Waals surface area (Å²) in [5.41, 5.74) is -3.47. The number of hydrogen-bond donors (Lipinski definition) is 0. The Balaban J connectivity index is 2.07. The van der Waals surface area contributed by atoms with Gasteiger partial charge in [-0.1, -0.05) is 50.6 Å². The Kier molecular flexibility index (Phi) is 9.03. The topological polar surface area (TPSA) is 44.8 Å². The summed E-state index contributed by atoms with van der Waals surface area (Å²) in [5, 5.41) is 0. The number of ether oxygens (including phenoxy) is 2. The van der Waals surface area contributed by atoms with Crippen molar-refractivity contribution in [3.63, 3.8) is 0 Å². The third-order valence-corrected chi connectivity index (χ3v) is 8.00. The van der Waals surface area contributed by atoms with Crippen molar-refractivity contribution in [2.45, 2.75) is 94.8 Å². The van der Waals surface area contributed by atoms with Gasteiger partial charge in [-0.3, -0.25) is 0 Å². The van der Waals surface area contributed by atoms with Crippen LogP contribution in [0.15, 0.2) is 48.5 Å². The number of benzene rings is 2. The van der Waals surface area contributed by atoms with Crippen LogP contribution in [0.3, 0.4) is 0 Å². The van der Waals surface area contributed by atoms with Gasteiger partial charge in [-0.15, -0.1) is 0 Å². The van der Waals surface area contributed by atoms with Gasteiger partial charge in [-0.2, -0.15) is 13.2 Å². The Labute approximate surface area is 223 Å². The van der Waals surface area contributed by atoms with Gasteiger partial charge in [-0.05, 0) is 68.1 Å². The number of esters is 1. The largest absolute Gasteiger partial charge is 0.496 e. The van der Waals surface area contributed by atoms with Crippen molar-refractivity contribution in [1.29, 1.82) is 0 Å². The van der Waals surface area contributed by atoms with Gasteiger partial charge in [0.1, 0.15) is 17.7 Å². The van der Waals surface area contributed by atoms with Crippen LogP contribution in [0.4, 0.5) is 17.6 Å². The molecule has 4 nitrogen and oxygen atoms in total. The molecule has 0 N–H and O–H groups in total. The van der Waals surface area contributed by atoms with Crippen molar-refractivity contribution in [3.05, 3.63) is 65.5 Å². The van der Waals surface area contributed by atoms with Gasteiger partial charge >= 0.3 is 12.1 Å². The monoisotopic (exact) mass is 554 g/mol. The van der Waals surface area contributed by atoms with Crippen molar-refractivity contribution >= 4 is 14.3 Å². The smallest absolute Gasteiger partial charge is 0.427 e. The van der Waals surface area contributed by atoms with E-state index >= 15 is 13.2 Å². The van der Waals surface area contributed by atoms with Crippen molar-refractivity contribution in [2.24, 2.45) is 0 Å². The molecule has 38 heavy (non-hydrogen) atoms. The van der Waals surface area contributed by atoms with Crippen LogP contribution in [0, 0.1) is 5.82 Å². The molecule has 0 spiro atoms. The van der Waals surface area contributed by atoms with Gasteiger partial charge in [0.25, 0.3) is 5.60 Å². The zero-order valence-corrected chi connectivity index (χ0v) is 24.0. The fraction of sp³-hybridized carbons (Fsp3) is 0.552. The van der Waals surface area contributed by atoms with Crippen LogP contribution in [0.1, 0.15) is 63.0 Å². The molecule has 1 aliphatic rings.